The SMILES string of the molecule is O=C(/C=C/c1ccc2c(c1)OCO2)NC[C@@H](OCCO)c1cccs1. The Morgan fingerprint density at radius 3 is 3.04 bits per heavy atom. The van der Waals surface area contributed by atoms with Crippen molar-refractivity contribution < 1.29 is 24.1 Å². The number of fused-ring (bicyclic) bond motifs is 1. The maximum atomic E-state index is 12.0. The Balaban J connectivity index is 1.54. The van der Waals surface area contributed by atoms with Crippen LogP contribution in [0.5, 0.6) is 11.5 Å². The summed E-state index contributed by atoms with van der Waals surface area (Å²) in [7, 11) is 0. The highest BCUT2D eigenvalue weighted by Gasteiger charge is 2.14. The molecule has 1 aliphatic heterocycles. The maximum absolute atomic E-state index is 12.0. The number of amides is 1. The maximum Gasteiger partial charge on any atom is 0.244 e. The lowest BCUT2D eigenvalue weighted by molar-refractivity contribution is -0.117. The number of rotatable bonds is 8. The first-order valence-electron chi connectivity index (χ1n) is 7.87. The van der Waals surface area contributed by atoms with Crippen LogP contribution in [0, 0.1) is 0 Å². The van der Waals surface area contributed by atoms with E-state index in [-0.39, 0.29) is 32.0 Å². The summed E-state index contributed by atoms with van der Waals surface area (Å²) < 4.78 is 16.2. The van der Waals surface area contributed by atoms with E-state index >= 15 is 0 Å². The van der Waals surface area contributed by atoms with Gasteiger partial charge in [-0.3, -0.25) is 4.79 Å². The quantitative estimate of drug-likeness (QED) is 0.706. The number of hydrogen-bond donors (Lipinski definition) is 2. The van der Waals surface area contributed by atoms with Gasteiger partial charge >= 0.3 is 0 Å². The number of benzene rings is 1. The van der Waals surface area contributed by atoms with E-state index in [2.05, 4.69) is 5.32 Å². The second-order valence-electron chi connectivity index (χ2n) is 5.29. The van der Waals surface area contributed by atoms with E-state index in [4.69, 9.17) is 19.3 Å². The number of carbonyl (C=O) groups is 1. The largest absolute Gasteiger partial charge is 0.454 e. The molecule has 3 rings (SSSR count). The van der Waals surface area contributed by atoms with Crippen molar-refractivity contribution in [1.82, 2.24) is 5.32 Å². The summed E-state index contributed by atoms with van der Waals surface area (Å²) in [6.45, 7) is 0.733. The molecule has 2 aromatic rings. The molecule has 2 heterocycles. The molecule has 1 aliphatic rings. The van der Waals surface area contributed by atoms with E-state index in [1.807, 2.05) is 35.7 Å². The minimum Gasteiger partial charge on any atom is -0.454 e. The fourth-order valence-corrected chi connectivity index (χ4v) is 3.13. The van der Waals surface area contributed by atoms with Crippen LogP contribution >= 0.6 is 11.3 Å². The smallest absolute Gasteiger partial charge is 0.244 e. The van der Waals surface area contributed by atoms with Crippen molar-refractivity contribution in [2.75, 3.05) is 26.6 Å². The molecule has 1 aromatic carbocycles. The summed E-state index contributed by atoms with van der Waals surface area (Å²) >= 11 is 1.55. The lowest BCUT2D eigenvalue weighted by Gasteiger charge is -2.16. The summed E-state index contributed by atoms with van der Waals surface area (Å²) in [6.07, 6.45) is 2.91. The summed E-state index contributed by atoms with van der Waals surface area (Å²) in [5.41, 5.74) is 0.853. The number of thiophene rings is 1. The Kier molecular flexibility index (Phi) is 6.05. The summed E-state index contributed by atoms with van der Waals surface area (Å²) in [4.78, 5) is 13.1. The highest BCUT2D eigenvalue weighted by molar-refractivity contribution is 7.10. The number of ether oxygens (including phenoxy) is 3. The third kappa shape index (κ3) is 4.82. The normalized spacial score (nSPS) is 14.0. The third-order valence-corrected chi connectivity index (χ3v) is 4.52. The zero-order valence-corrected chi connectivity index (χ0v) is 14.3. The minimum absolute atomic E-state index is 0.0557. The van der Waals surface area contributed by atoms with Crippen LogP contribution < -0.4 is 14.8 Å². The minimum atomic E-state index is -0.268. The van der Waals surface area contributed by atoms with Crippen LogP contribution in [0.1, 0.15) is 16.5 Å². The third-order valence-electron chi connectivity index (χ3n) is 3.56. The molecule has 1 aromatic heterocycles. The molecule has 6 nitrogen and oxygen atoms in total. The molecule has 0 aliphatic carbocycles. The molecule has 0 unspecified atom stereocenters. The van der Waals surface area contributed by atoms with Crippen LogP contribution in [0.15, 0.2) is 41.8 Å². The van der Waals surface area contributed by atoms with Crippen molar-refractivity contribution in [1.29, 1.82) is 0 Å². The molecule has 0 radical (unpaired) electrons. The topological polar surface area (TPSA) is 77.0 Å². The second kappa shape index (κ2) is 8.66. The average Bonchev–Trinajstić information content (AvgIpc) is 3.31. The molecule has 0 bridgehead atoms. The first-order chi connectivity index (χ1) is 12.3. The predicted octanol–water partition coefficient (Wildman–Crippen LogP) is 2.36. The first-order valence-corrected chi connectivity index (χ1v) is 8.75. The van der Waals surface area contributed by atoms with E-state index in [1.54, 1.807) is 17.4 Å². The molecule has 0 fully saturated rings. The van der Waals surface area contributed by atoms with Crippen molar-refractivity contribution in [3.8, 4) is 11.5 Å². The number of nitrogens with one attached hydrogen (secondary N) is 1. The number of carbonyl (C=O) groups excluding carboxylic acids is 1. The van der Waals surface area contributed by atoms with Crippen molar-refractivity contribution in [3.63, 3.8) is 0 Å². The van der Waals surface area contributed by atoms with Crippen LogP contribution in [0.4, 0.5) is 0 Å². The van der Waals surface area contributed by atoms with Crippen LogP contribution in [-0.2, 0) is 9.53 Å². The zero-order chi connectivity index (χ0) is 17.5. The molecule has 25 heavy (non-hydrogen) atoms. The van der Waals surface area contributed by atoms with Gasteiger partial charge in [-0.25, -0.2) is 0 Å². The highest BCUT2D eigenvalue weighted by atomic mass is 32.1. The lowest BCUT2D eigenvalue weighted by atomic mass is 10.2. The fraction of sp³-hybridized carbons (Fsp3) is 0.278. The van der Waals surface area contributed by atoms with Gasteiger partial charge in [-0.15, -0.1) is 11.3 Å². The average molecular weight is 361 g/mol. The van der Waals surface area contributed by atoms with Gasteiger partial charge in [0.2, 0.25) is 12.7 Å². The van der Waals surface area contributed by atoms with Gasteiger partial charge in [0.15, 0.2) is 11.5 Å². The molecule has 2 N–H and O–H groups in total. The monoisotopic (exact) mass is 361 g/mol. The molecule has 1 amide bonds. The Hall–Kier alpha value is -2.35. The van der Waals surface area contributed by atoms with E-state index in [0.717, 1.165) is 10.4 Å². The van der Waals surface area contributed by atoms with Gasteiger partial charge in [0.1, 0.15) is 6.10 Å². The zero-order valence-electron chi connectivity index (χ0n) is 13.5. The van der Waals surface area contributed by atoms with E-state index in [1.165, 1.54) is 6.08 Å². The van der Waals surface area contributed by atoms with Gasteiger partial charge < -0.3 is 24.6 Å². The summed E-state index contributed by atoms with van der Waals surface area (Å²) in [6, 6.07) is 9.37. The number of hydrogen-bond acceptors (Lipinski definition) is 6. The van der Waals surface area contributed by atoms with Crippen LogP contribution in [0.25, 0.3) is 6.08 Å². The molecule has 0 spiro atoms. The predicted molar refractivity (Wildman–Crippen MR) is 94.7 cm³/mol. The molecule has 0 saturated heterocycles. The molecular weight excluding hydrogens is 342 g/mol. The Bertz CT molecular complexity index is 729. The number of aliphatic hydroxyl groups excluding tert-OH is 1. The fourth-order valence-electron chi connectivity index (χ4n) is 2.35. The van der Waals surface area contributed by atoms with Crippen molar-refractivity contribution >= 4 is 23.3 Å². The van der Waals surface area contributed by atoms with Gasteiger partial charge in [0.05, 0.1) is 13.2 Å². The molecule has 7 heteroatoms. The van der Waals surface area contributed by atoms with Crippen molar-refractivity contribution in [3.05, 3.63) is 52.2 Å². The second-order valence-corrected chi connectivity index (χ2v) is 6.27. The van der Waals surface area contributed by atoms with Crippen molar-refractivity contribution in [2.45, 2.75) is 6.10 Å². The Morgan fingerprint density at radius 1 is 1.36 bits per heavy atom. The molecule has 1 atom stereocenters. The highest BCUT2D eigenvalue weighted by Crippen LogP contribution is 2.32. The Morgan fingerprint density at radius 2 is 2.24 bits per heavy atom. The molecule has 132 valence electrons. The van der Waals surface area contributed by atoms with E-state index < -0.39 is 0 Å². The van der Waals surface area contributed by atoms with Crippen LogP contribution in [-0.4, -0.2) is 37.6 Å². The standard InChI is InChI=1S/C18H19NO5S/c20-7-8-22-16(17-2-1-9-25-17)11-19-18(21)6-4-13-3-5-14-15(10-13)24-12-23-14/h1-6,9-10,16,20H,7-8,11-12H2,(H,19,21)/b6-4+/t16-/m1/s1. The van der Waals surface area contributed by atoms with Gasteiger partial charge in [-0.05, 0) is 35.2 Å². The van der Waals surface area contributed by atoms with E-state index in [9.17, 15) is 4.79 Å². The molecular formula is C18H19NO5S. The lowest BCUT2D eigenvalue weighted by Crippen LogP contribution is -2.28. The van der Waals surface area contributed by atoms with Gasteiger partial charge in [-0.1, -0.05) is 12.1 Å². The number of aliphatic hydroxyl groups is 1. The van der Waals surface area contributed by atoms with Crippen LogP contribution in [0.2, 0.25) is 0 Å². The van der Waals surface area contributed by atoms with Crippen LogP contribution in [0.3, 0.4) is 0 Å². The van der Waals surface area contributed by atoms with Gasteiger partial charge in [-0.2, -0.15) is 0 Å². The summed E-state index contributed by atoms with van der Waals surface area (Å²) in [5, 5.41) is 13.7. The molecule has 0 saturated carbocycles. The van der Waals surface area contributed by atoms with Gasteiger partial charge in [0.25, 0.3) is 0 Å². The van der Waals surface area contributed by atoms with Crippen molar-refractivity contribution in [2.24, 2.45) is 0 Å². The van der Waals surface area contributed by atoms with Gasteiger partial charge in [0, 0.05) is 17.5 Å². The Labute approximate surface area is 149 Å². The summed E-state index contributed by atoms with van der Waals surface area (Å²) in [5.74, 6) is 1.17. The van der Waals surface area contributed by atoms with E-state index in [0.29, 0.717) is 18.0 Å². The first kappa shape index (κ1) is 17.5.